The number of rotatable bonds is 7. The van der Waals surface area contributed by atoms with Crippen LogP contribution in [0.5, 0.6) is 0 Å². The highest BCUT2D eigenvalue weighted by atomic mass is 32.2. The van der Waals surface area contributed by atoms with Gasteiger partial charge in [-0.25, -0.2) is 0 Å². The molecule has 7 nitrogen and oxygen atoms in total. The van der Waals surface area contributed by atoms with Crippen molar-refractivity contribution in [1.82, 2.24) is 24.6 Å². The van der Waals surface area contributed by atoms with Crippen LogP contribution in [0.2, 0.25) is 0 Å². The summed E-state index contributed by atoms with van der Waals surface area (Å²) in [6.07, 6.45) is 0.424. The van der Waals surface area contributed by atoms with Crippen LogP contribution in [0.25, 0.3) is 16.4 Å². The molecule has 0 radical (unpaired) electrons. The largest absolute Gasteiger partial charge is 0.338 e. The summed E-state index contributed by atoms with van der Waals surface area (Å²) in [5.41, 5.74) is 0.960. The summed E-state index contributed by atoms with van der Waals surface area (Å²) in [7, 11) is 0. The Morgan fingerprint density at radius 2 is 1.77 bits per heavy atom. The Morgan fingerprint density at radius 3 is 2.49 bits per heavy atom. The zero-order valence-electron chi connectivity index (χ0n) is 19.2. The average molecular weight is 524 g/mol. The van der Waals surface area contributed by atoms with E-state index in [2.05, 4.69) is 10.2 Å². The van der Waals surface area contributed by atoms with Gasteiger partial charge in [0.1, 0.15) is 0 Å². The van der Waals surface area contributed by atoms with Crippen LogP contribution in [0.4, 0.5) is 0 Å². The topological polar surface area (TPSA) is 71.3 Å². The summed E-state index contributed by atoms with van der Waals surface area (Å²) in [5, 5.41) is 13.5. The second-order valence-electron chi connectivity index (χ2n) is 8.28. The van der Waals surface area contributed by atoms with Crippen molar-refractivity contribution in [1.29, 1.82) is 0 Å². The van der Waals surface area contributed by atoms with Gasteiger partial charge in [-0.1, -0.05) is 42.1 Å². The van der Waals surface area contributed by atoms with E-state index in [1.54, 1.807) is 22.7 Å². The van der Waals surface area contributed by atoms with Gasteiger partial charge in [-0.05, 0) is 41.9 Å². The molecule has 1 unspecified atom stereocenters. The molecule has 4 heterocycles. The standard InChI is InChI=1S/C25H25N5O2S3/c1-18-16-28(11-12-29(18)22(31)15-20-9-5-13-33-20)23(32)17-35-25-27-26-24(21-10-6-14-34-21)30(25)19-7-3-2-4-8-19/h2-10,13-14,18H,11-12,15-17H2,1H3. The van der Waals surface area contributed by atoms with E-state index >= 15 is 0 Å². The molecule has 4 aromatic rings. The van der Waals surface area contributed by atoms with Crippen molar-refractivity contribution in [2.75, 3.05) is 25.4 Å². The molecule has 0 saturated carbocycles. The van der Waals surface area contributed by atoms with E-state index in [9.17, 15) is 9.59 Å². The molecule has 1 aromatic carbocycles. The summed E-state index contributed by atoms with van der Waals surface area (Å²) in [6, 6.07) is 17.9. The van der Waals surface area contributed by atoms with E-state index in [0.717, 1.165) is 21.3 Å². The van der Waals surface area contributed by atoms with Crippen molar-refractivity contribution >= 4 is 46.2 Å². The Hall–Kier alpha value is -2.95. The predicted molar refractivity (Wildman–Crippen MR) is 141 cm³/mol. The second-order valence-corrected chi connectivity index (χ2v) is 11.2. The molecule has 1 aliphatic rings. The zero-order chi connectivity index (χ0) is 24.2. The average Bonchev–Trinajstić information content (AvgIpc) is 3.65. The molecule has 0 bridgehead atoms. The molecule has 10 heteroatoms. The Morgan fingerprint density at radius 1 is 0.971 bits per heavy atom. The number of benzene rings is 1. The molecular formula is C25H25N5O2S3. The van der Waals surface area contributed by atoms with Crippen LogP contribution in [0.1, 0.15) is 11.8 Å². The molecule has 3 aromatic heterocycles. The number of nitrogens with zero attached hydrogens (tertiary/aromatic N) is 5. The number of hydrogen-bond donors (Lipinski definition) is 0. The minimum absolute atomic E-state index is 0.0106. The van der Waals surface area contributed by atoms with Crippen molar-refractivity contribution in [3.8, 4) is 16.4 Å². The summed E-state index contributed by atoms with van der Waals surface area (Å²) >= 11 is 4.61. The molecule has 1 aliphatic heterocycles. The summed E-state index contributed by atoms with van der Waals surface area (Å²) < 4.78 is 2.01. The monoisotopic (exact) mass is 523 g/mol. The molecule has 35 heavy (non-hydrogen) atoms. The van der Waals surface area contributed by atoms with Crippen LogP contribution in [-0.2, 0) is 16.0 Å². The maximum atomic E-state index is 13.1. The smallest absolute Gasteiger partial charge is 0.233 e. The third kappa shape index (κ3) is 5.34. The first-order chi connectivity index (χ1) is 17.1. The maximum Gasteiger partial charge on any atom is 0.233 e. The number of piperazine rings is 1. The van der Waals surface area contributed by atoms with Gasteiger partial charge in [0.25, 0.3) is 0 Å². The summed E-state index contributed by atoms with van der Waals surface area (Å²) in [4.78, 5) is 31.7. The molecule has 1 atom stereocenters. The number of amides is 2. The Balaban J connectivity index is 1.24. The first-order valence-corrected chi connectivity index (χ1v) is 14.1. The van der Waals surface area contributed by atoms with Gasteiger partial charge < -0.3 is 9.80 Å². The highest BCUT2D eigenvalue weighted by Crippen LogP contribution is 2.30. The van der Waals surface area contributed by atoms with Crippen molar-refractivity contribution < 1.29 is 9.59 Å². The van der Waals surface area contributed by atoms with Crippen molar-refractivity contribution in [2.45, 2.75) is 24.5 Å². The Labute approximate surface area is 216 Å². The zero-order valence-corrected chi connectivity index (χ0v) is 21.7. The van der Waals surface area contributed by atoms with Gasteiger partial charge in [0, 0.05) is 36.2 Å². The van der Waals surface area contributed by atoms with E-state index in [-0.39, 0.29) is 23.6 Å². The molecule has 0 spiro atoms. The van der Waals surface area contributed by atoms with E-state index in [0.29, 0.717) is 31.2 Å². The van der Waals surface area contributed by atoms with Crippen LogP contribution < -0.4 is 0 Å². The number of para-hydroxylation sites is 1. The first kappa shape index (κ1) is 23.8. The third-order valence-corrected chi connectivity index (χ3v) is 8.58. The molecule has 1 fully saturated rings. The van der Waals surface area contributed by atoms with Crippen LogP contribution in [0, 0.1) is 0 Å². The molecule has 1 saturated heterocycles. The minimum Gasteiger partial charge on any atom is -0.338 e. The number of thioether (sulfide) groups is 1. The van der Waals surface area contributed by atoms with E-state index in [1.165, 1.54) is 11.8 Å². The highest BCUT2D eigenvalue weighted by molar-refractivity contribution is 7.99. The molecule has 0 N–H and O–H groups in total. The number of carbonyl (C=O) groups excluding carboxylic acids is 2. The molecule has 2 amide bonds. The fourth-order valence-electron chi connectivity index (χ4n) is 4.17. The van der Waals surface area contributed by atoms with Crippen molar-refractivity contribution in [3.05, 3.63) is 70.2 Å². The molecule has 0 aliphatic carbocycles. The van der Waals surface area contributed by atoms with Crippen molar-refractivity contribution in [3.63, 3.8) is 0 Å². The lowest BCUT2D eigenvalue weighted by Gasteiger charge is -2.40. The van der Waals surface area contributed by atoms with Gasteiger partial charge >= 0.3 is 0 Å². The summed E-state index contributed by atoms with van der Waals surface area (Å²) in [5.74, 6) is 1.21. The van der Waals surface area contributed by atoms with E-state index in [1.807, 2.05) is 86.6 Å². The van der Waals surface area contributed by atoms with Gasteiger partial charge in [0.05, 0.1) is 17.1 Å². The lowest BCUT2D eigenvalue weighted by Crippen LogP contribution is -2.56. The van der Waals surface area contributed by atoms with Gasteiger partial charge in [-0.3, -0.25) is 14.2 Å². The van der Waals surface area contributed by atoms with Gasteiger partial charge in [-0.2, -0.15) is 0 Å². The molecule has 5 rings (SSSR count). The fraction of sp³-hybridized carbons (Fsp3) is 0.280. The summed E-state index contributed by atoms with van der Waals surface area (Å²) in [6.45, 7) is 3.66. The van der Waals surface area contributed by atoms with Crippen LogP contribution in [0.15, 0.2) is 70.5 Å². The SMILES string of the molecule is CC1CN(C(=O)CSc2nnc(-c3cccs3)n2-c2ccccc2)CCN1C(=O)Cc1cccs1. The lowest BCUT2D eigenvalue weighted by molar-refractivity contribution is -0.140. The van der Waals surface area contributed by atoms with Gasteiger partial charge in [-0.15, -0.1) is 32.9 Å². The van der Waals surface area contributed by atoms with Crippen LogP contribution >= 0.6 is 34.4 Å². The van der Waals surface area contributed by atoms with Gasteiger partial charge in [0.15, 0.2) is 11.0 Å². The predicted octanol–water partition coefficient (Wildman–Crippen LogP) is 4.45. The second kappa shape index (κ2) is 10.8. The molecule has 180 valence electrons. The maximum absolute atomic E-state index is 13.1. The van der Waals surface area contributed by atoms with Crippen molar-refractivity contribution in [2.24, 2.45) is 0 Å². The van der Waals surface area contributed by atoms with Crippen LogP contribution in [0.3, 0.4) is 0 Å². The normalized spacial score (nSPS) is 16.0. The Bertz CT molecular complexity index is 1270. The van der Waals surface area contributed by atoms with Crippen LogP contribution in [-0.4, -0.2) is 67.8 Å². The third-order valence-electron chi connectivity index (χ3n) is 5.92. The number of hydrogen-bond acceptors (Lipinski definition) is 7. The van der Waals surface area contributed by atoms with E-state index in [4.69, 9.17) is 0 Å². The fourth-order valence-corrected chi connectivity index (χ4v) is 6.42. The lowest BCUT2D eigenvalue weighted by atomic mass is 10.1. The Kier molecular flexibility index (Phi) is 7.31. The van der Waals surface area contributed by atoms with E-state index < -0.39 is 0 Å². The quantitative estimate of drug-likeness (QED) is 0.335. The minimum atomic E-state index is -0.0106. The number of aromatic nitrogens is 3. The number of thiophene rings is 2. The molecular weight excluding hydrogens is 499 g/mol. The first-order valence-electron chi connectivity index (χ1n) is 11.4. The number of carbonyl (C=O) groups is 2. The van der Waals surface area contributed by atoms with Gasteiger partial charge in [0.2, 0.25) is 11.8 Å². The highest BCUT2D eigenvalue weighted by Gasteiger charge is 2.30.